The van der Waals surface area contributed by atoms with Gasteiger partial charge >= 0.3 is 0 Å². The molecule has 0 unspecified atom stereocenters. The molecule has 3 N–H and O–H groups in total. The van der Waals surface area contributed by atoms with Crippen LogP contribution in [0.2, 0.25) is 0 Å². The van der Waals surface area contributed by atoms with Gasteiger partial charge in [-0.05, 0) is 18.2 Å². The minimum atomic E-state index is -0.546. The second-order valence-corrected chi connectivity index (χ2v) is 2.55. The number of hydrogen-bond donors (Lipinski definition) is 3. The van der Waals surface area contributed by atoms with Crippen molar-refractivity contribution in [1.29, 1.82) is 0 Å². The monoisotopic (exact) mass is 169 g/mol. The van der Waals surface area contributed by atoms with E-state index in [2.05, 4.69) is 12.6 Å². The Morgan fingerprint density at radius 3 is 2.64 bits per heavy atom. The van der Waals surface area contributed by atoms with Crippen LogP contribution in [0.4, 0.5) is 0 Å². The molecular weight excluding hydrogens is 162 g/mol. The molecule has 0 bridgehead atoms. The molecule has 0 aromatic heterocycles. The van der Waals surface area contributed by atoms with Crippen molar-refractivity contribution in [2.75, 3.05) is 0 Å². The number of amides is 1. The van der Waals surface area contributed by atoms with Gasteiger partial charge in [0.2, 0.25) is 5.91 Å². The molecule has 1 aromatic carbocycles. The number of carbonyl (C=O) groups excluding carboxylic acids is 1. The number of thiol groups is 1. The fourth-order valence-corrected chi connectivity index (χ4v) is 1.05. The molecule has 0 saturated carbocycles. The Labute approximate surface area is 69.2 Å². The van der Waals surface area contributed by atoms with Crippen LogP contribution in [0.15, 0.2) is 23.1 Å². The van der Waals surface area contributed by atoms with E-state index >= 15 is 0 Å². The Bertz CT molecular complexity index is 298. The topological polar surface area (TPSA) is 63.3 Å². The van der Waals surface area contributed by atoms with Crippen molar-refractivity contribution in [3.63, 3.8) is 0 Å². The van der Waals surface area contributed by atoms with E-state index in [0.29, 0.717) is 10.5 Å². The third-order valence-electron chi connectivity index (χ3n) is 1.25. The normalized spacial score (nSPS) is 9.55. The predicted octanol–water partition coefficient (Wildman–Crippen LogP) is 0.780. The lowest BCUT2D eigenvalue weighted by molar-refractivity contribution is 0.0997. The van der Waals surface area contributed by atoms with Gasteiger partial charge in [0.15, 0.2) is 0 Å². The number of hydrogen-bond acceptors (Lipinski definition) is 3. The Morgan fingerprint density at radius 2 is 2.18 bits per heavy atom. The fraction of sp³-hybridized carbons (Fsp3) is 0. The lowest BCUT2D eigenvalue weighted by Crippen LogP contribution is -2.11. The van der Waals surface area contributed by atoms with Crippen LogP contribution in [0.3, 0.4) is 0 Å². The number of phenolic OH excluding ortho intramolecular Hbond substituents is 1. The first-order valence-electron chi connectivity index (χ1n) is 2.93. The van der Waals surface area contributed by atoms with E-state index in [-0.39, 0.29) is 5.75 Å². The molecule has 1 amide bonds. The molecule has 0 spiro atoms. The van der Waals surface area contributed by atoms with E-state index in [1.165, 1.54) is 18.2 Å². The molecule has 0 aliphatic heterocycles. The maximum Gasteiger partial charge on any atom is 0.249 e. The van der Waals surface area contributed by atoms with Crippen molar-refractivity contribution >= 4 is 18.5 Å². The van der Waals surface area contributed by atoms with Crippen molar-refractivity contribution in [1.82, 2.24) is 0 Å². The Balaban J connectivity index is 3.20. The zero-order valence-corrected chi connectivity index (χ0v) is 6.51. The zero-order chi connectivity index (χ0) is 8.43. The van der Waals surface area contributed by atoms with Crippen molar-refractivity contribution < 1.29 is 9.90 Å². The van der Waals surface area contributed by atoms with Crippen molar-refractivity contribution in [2.45, 2.75) is 4.90 Å². The molecule has 0 saturated heterocycles. The van der Waals surface area contributed by atoms with Crippen molar-refractivity contribution in [2.24, 2.45) is 5.73 Å². The molecule has 0 heterocycles. The lowest BCUT2D eigenvalue weighted by atomic mass is 10.2. The van der Waals surface area contributed by atoms with Crippen LogP contribution in [0.5, 0.6) is 5.75 Å². The summed E-state index contributed by atoms with van der Waals surface area (Å²) in [7, 11) is 0. The van der Waals surface area contributed by atoms with Crippen LogP contribution >= 0.6 is 12.6 Å². The third-order valence-corrected chi connectivity index (χ3v) is 1.62. The van der Waals surface area contributed by atoms with Gasteiger partial charge < -0.3 is 10.8 Å². The van der Waals surface area contributed by atoms with Gasteiger partial charge in [0.1, 0.15) is 5.75 Å². The van der Waals surface area contributed by atoms with E-state index in [1.54, 1.807) is 0 Å². The molecule has 3 nitrogen and oxygen atoms in total. The number of benzene rings is 1. The predicted molar refractivity (Wildman–Crippen MR) is 43.9 cm³/mol. The molecule has 1 rings (SSSR count). The quantitative estimate of drug-likeness (QED) is 0.544. The fourth-order valence-electron chi connectivity index (χ4n) is 0.728. The van der Waals surface area contributed by atoms with Crippen molar-refractivity contribution in [3.05, 3.63) is 23.8 Å². The summed E-state index contributed by atoms with van der Waals surface area (Å²) in [5.41, 5.74) is 5.31. The summed E-state index contributed by atoms with van der Waals surface area (Å²) in [6, 6.07) is 4.18. The Kier molecular flexibility index (Phi) is 2.05. The molecule has 0 aliphatic rings. The van der Waals surface area contributed by atoms with E-state index in [0.717, 1.165) is 0 Å². The summed E-state index contributed by atoms with van der Waals surface area (Å²) in [5, 5.41) is 8.92. The van der Waals surface area contributed by atoms with E-state index in [4.69, 9.17) is 10.8 Å². The molecule has 4 heteroatoms. The first-order chi connectivity index (χ1) is 5.11. The number of primary amides is 1. The van der Waals surface area contributed by atoms with Crippen LogP contribution in [-0.2, 0) is 0 Å². The first-order valence-corrected chi connectivity index (χ1v) is 3.38. The molecule has 0 radical (unpaired) electrons. The largest absolute Gasteiger partial charge is 0.508 e. The number of nitrogens with two attached hydrogens (primary N) is 1. The molecule has 0 atom stereocenters. The summed E-state index contributed by atoms with van der Waals surface area (Å²) >= 11 is 3.95. The molecule has 0 fully saturated rings. The second-order valence-electron chi connectivity index (χ2n) is 2.07. The molecule has 1 aromatic rings. The molecule has 11 heavy (non-hydrogen) atoms. The maximum absolute atomic E-state index is 10.6. The Morgan fingerprint density at radius 1 is 1.55 bits per heavy atom. The van der Waals surface area contributed by atoms with Gasteiger partial charge in [-0.2, -0.15) is 0 Å². The highest BCUT2D eigenvalue weighted by Gasteiger charge is 2.04. The summed E-state index contributed by atoms with van der Waals surface area (Å²) < 4.78 is 0. The minimum absolute atomic E-state index is 0.0694. The summed E-state index contributed by atoms with van der Waals surface area (Å²) in [6.07, 6.45) is 0. The smallest absolute Gasteiger partial charge is 0.249 e. The zero-order valence-electron chi connectivity index (χ0n) is 5.61. The minimum Gasteiger partial charge on any atom is -0.508 e. The van der Waals surface area contributed by atoms with Crippen molar-refractivity contribution in [3.8, 4) is 5.75 Å². The van der Waals surface area contributed by atoms with E-state index in [1.807, 2.05) is 0 Å². The van der Waals surface area contributed by atoms with Gasteiger partial charge in [-0.3, -0.25) is 4.79 Å². The van der Waals surface area contributed by atoms with Gasteiger partial charge in [0, 0.05) is 4.90 Å². The highest BCUT2D eigenvalue weighted by atomic mass is 32.1. The van der Waals surface area contributed by atoms with Crippen LogP contribution < -0.4 is 5.73 Å². The Hall–Kier alpha value is -1.16. The second kappa shape index (κ2) is 2.84. The highest BCUT2D eigenvalue weighted by Crippen LogP contribution is 2.18. The van der Waals surface area contributed by atoms with E-state index < -0.39 is 5.91 Å². The van der Waals surface area contributed by atoms with Crippen LogP contribution in [-0.4, -0.2) is 11.0 Å². The summed E-state index contributed by atoms with van der Waals surface area (Å²) in [6.45, 7) is 0. The van der Waals surface area contributed by atoms with Gasteiger partial charge in [0.05, 0.1) is 5.56 Å². The first kappa shape index (κ1) is 7.94. The molecule has 58 valence electrons. The SMILES string of the molecule is NC(=O)c1ccc(O)cc1S. The van der Waals surface area contributed by atoms with Gasteiger partial charge in [-0.1, -0.05) is 0 Å². The summed E-state index contributed by atoms with van der Waals surface area (Å²) in [4.78, 5) is 11.0. The highest BCUT2D eigenvalue weighted by molar-refractivity contribution is 7.80. The van der Waals surface area contributed by atoms with Crippen LogP contribution in [0.25, 0.3) is 0 Å². The van der Waals surface area contributed by atoms with Crippen LogP contribution in [0.1, 0.15) is 10.4 Å². The van der Waals surface area contributed by atoms with Gasteiger partial charge in [-0.15, -0.1) is 12.6 Å². The summed E-state index contributed by atoms with van der Waals surface area (Å²) in [5.74, 6) is -0.477. The average molecular weight is 169 g/mol. The maximum atomic E-state index is 10.6. The number of aromatic hydroxyl groups is 1. The van der Waals surface area contributed by atoms with Crippen LogP contribution in [0, 0.1) is 0 Å². The molecule has 0 aliphatic carbocycles. The van der Waals surface area contributed by atoms with Gasteiger partial charge in [0.25, 0.3) is 0 Å². The average Bonchev–Trinajstić information content (AvgIpc) is 1.85. The number of carbonyl (C=O) groups is 1. The molecular formula is C7H7NO2S. The van der Waals surface area contributed by atoms with E-state index in [9.17, 15) is 4.79 Å². The number of phenols is 1. The lowest BCUT2D eigenvalue weighted by Gasteiger charge is -1.99. The number of rotatable bonds is 1. The standard InChI is InChI=1S/C7H7NO2S/c8-7(10)5-2-1-4(9)3-6(5)11/h1-3,9,11H,(H2,8,10). The third kappa shape index (κ3) is 1.65. The van der Waals surface area contributed by atoms with Gasteiger partial charge in [-0.25, -0.2) is 0 Å².